The first-order valence-electron chi connectivity index (χ1n) is 11.4. The Hall–Kier alpha value is -2.28. The van der Waals surface area contributed by atoms with Gasteiger partial charge in [0.05, 0.1) is 28.4 Å². The number of benzene rings is 1. The highest BCUT2D eigenvalue weighted by Crippen LogP contribution is 2.29. The molecule has 6 nitrogen and oxygen atoms in total. The van der Waals surface area contributed by atoms with E-state index in [0.717, 1.165) is 57.2 Å². The van der Waals surface area contributed by atoms with Crippen molar-refractivity contribution in [2.24, 2.45) is 5.92 Å². The van der Waals surface area contributed by atoms with Crippen LogP contribution < -0.4 is 10.2 Å². The lowest BCUT2D eigenvalue weighted by molar-refractivity contribution is -0.122. The van der Waals surface area contributed by atoms with Crippen molar-refractivity contribution < 1.29 is 4.79 Å². The number of piperazine rings is 1. The highest BCUT2D eigenvalue weighted by Gasteiger charge is 2.24. The maximum absolute atomic E-state index is 11.9. The molecule has 31 heavy (non-hydrogen) atoms. The molecule has 1 saturated heterocycles. The second-order valence-corrected chi connectivity index (χ2v) is 9.10. The molecule has 1 N–H and O–H groups in total. The summed E-state index contributed by atoms with van der Waals surface area (Å²) >= 11 is 6.36. The molecule has 3 rings (SSSR count). The van der Waals surface area contributed by atoms with E-state index in [1.807, 2.05) is 12.1 Å². The maximum atomic E-state index is 11.9. The lowest BCUT2D eigenvalue weighted by Gasteiger charge is -2.37. The second-order valence-electron chi connectivity index (χ2n) is 8.69. The molecular weight excluding hydrogens is 410 g/mol. The van der Waals surface area contributed by atoms with E-state index in [1.54, 1.807) is 6.07 Å². The fourth-order valence-electron chi connectivity index (χ4n) is 4.63. The van der Waals surface area contributed by atoms with Gasteiger partial charge in [-0.05, 0) is 69.2 Å². The molecule has 0 atom stereocenters. The third-order valence-electron chi connectivity index (χ3n) is 6.55. The Labute approximate surface area is 190 Å². The highest BCUT2D eigenvalue weighted by atomic mass is 35.5. The number of rotatable bonds is 8. The quantitative estimate of drug-likeness (QED) is 0.614. The van der Waals surface area contributed by atoms with Crippen LogP contribution in [0.2, 0.25) is 5.02 Å². The number of hydrogen-bond acceptors (Lipinski definition) is 5. The van der Waals surface area contributed by atoms with Gasteiger partial charge in [-0.25, -0.2) is 0 Å². The number of carbonyl (C=O) groups excluding carboxylic acids is 1. The third-order valence-corrected chi connectivity index (χ3v) is 6.87. The Balaban J connectivity index is 1.33. The molecule has 2 aliphatic rings. The van der Waals surface area contributed by atoms with E-state index in [9.17, 15) is 4.79 Å². The van der Waals surface area contributed by atoms with Gasteiger partial charge in [-0.3, -0.25) is 9.69 Å². The van der Waals surface area contributed by atoms with Gasteiger partial charge in [-0.2, -0.15) is 10.5 Å². The number of hydrogen-bond donors (Lipinski definition) is 1. The molecule has 0 aromatic heterocycles. The Morgan fingerprint density at radius 2 is 1.87 bits per heavy atom. The van der Waals surface area contributed by atoms with Crippen molar-refractivity contribution in [3.05, 3.63) is 28.8 Å². The van der Waals surface area contributed by atoms with Gasteiger partial charge in [0.25, 0.3) is 0 Å². The van der Waals surface area contributed by atoms with Crippen LogP contribution in [0.4, 0.5) is 5.69 Å². The lowest BCUT2D eigenvalue weighted by Crippen LogP contribution is -2.47. The number of nitrogens with one attached hydrogen (secondary N) is 1. The Bertz CT molecular complexity index is 814. The van der Waals surface area contributed by atoms with Gasteiger partial charge in [-0.15, -0.1) is 0 Å². The molecule has 7 heteroatoms. The van der Waals surface area contributed by atoms with Gasteiger partial charge in [0.1, 0.15) is 0 Å². The maximum Gasteiger partial charge on any atom is 0.220 e. The molecule has 0 spiro atoms. The predicted molar refractivity (Wildman–Crippen MR) is 123 cm³/mol. The molecule has 1 aliphatic carbocycles. The van der Waals surface area contributed by atoms with Crippen LogP contribution in [0.25, 0.3) is 0 Å². The first-order valence-corrected chi connectivity index (χ1v) is 11.8. The zero-order valence-corrected chi connectivity index (χ0v) is 18.9. The molecule has 1 aromatic rings. The van der Waals surface area contributed by atoms with Crippen LogP contribution >= 0.6 is 11.6 Å². The third kappa shape index (κ3) is 7.13. The largest absolute Gasteiger partial charge is 0.368 e. The van der Waals surface area contributed by atoms with Crippen molar-refractivity contribution in [3.63, 3.8) is 0 Å². The topological polar surface area (TPSA) is 83.2 Å². The molecule has 0 unspecified atom stereocenters. The monoisotopic (exact) mass is 441 g/mol. The van der Waals surface area contributed by atoms with E-state index in [0.29, 0.717) is 35.9 Å². The summed E-state index contributed by atoms with van der Waals surface area (Å²) in [4.78, 5) is 16.7. The number of carbonyl (C=O) groups is 1. The zero-order chi connectivity index (χ0) is 22.1. The summed E-state index contributed by atoms with van der Waals surface area (Å²) in [6, 6.07) is 10.1. The smallest absolute Gasteiger partial charge is 0.220 e. The van der Waals surface area contributed by atoms with Gasteiger partial charge >= 0.3 is 0 Å². The van der Waals surface area contributed by atoms with E-state index in [1.165, 1.54) is 19.3 Å². The normalized spacial score (nSPS) is 21.8. The average Bonchev–Trinajstić information content (AvgIpc) is 2.79. The molecule has 0 radical (unpaired) electrons. The van der Waals surface area contributed by atoms with Gasteiger partial charge in [0, 0.05) is 45.1 Å². The predicted octanol–water partition coefficient (Wildman–Crippen LogP) is 4.09. The first-order chi connectivity index (χ1) is 15.1. The van der Waals surface area contributed by atoms with E-state index in [2.05, 4.69) is 27.3 Å². The number of unbranched alkanes of at least 4 members (excludes halogenated alkanes) is 1. The highest BCUT2D eigenvalue weighted by molar-refractivity contribution is 6.33. The Morgan fingerprint density at radius 1 is 1.13 bits per heavy atom. The van der Waals surface area contributed by atoms with Gasteiger partial charge in [0.2, 0.25) is 5.91 Å². The number of anilines is 1. The molecule has 1 saturated carbocycles. The van der Waals surface area contributed by atoms with Crippen molar-refractivity contribution in [1.82, 2.24) is 10.2 Å². The van der Waals surface area contributed by atoms with Crippen molar-refractivity contribution >= 4 is 23.2 Å². The Kier molecular flexibility index (Phi) is 9.00. The van der Waals surface area contributed by atoms with Gasteiger partial charge < -0.3 is 10.2 Å². The minimum Gasteiger partial charge on any atom is -0.368 e. The average molecular weight is 442 g/mol. The lowest BCUT2D eigenvalue weighted by atomic mass is 9.84. The summed E-state index contributed by atoms with van der Waals surface area (Å²) < 4.78 is 0. The summed E-state index contributed by atoms with van der Waals surface area (Å²) in [6.07, 6.45) is 7.28. The molecule has 166 valence electrons. The summed E-state index contributed by atoms with van der Waals surface area (Å²) in [6.45, 7) is 5.01. The van der Waals surface area contributed by atoms with E-state index >= 15 is 0 Å². The van der Waals surface area contributed by atoms with Crippen LogP contribution in [-0.4, -0.2) is 49.6 Å². The Morgan fingerprint density at radius 3 is 2.55 bits per heavy atom. The van der Waals surface area contributed by atoms with Crippen LogP contribution in [0.3, 0.4) is 0 Å². The SMILES string of the molecule is N#CCCCC(=O)NC1CCC(CCN2CCN(c3cc(C#N)ccc3Cl)CC2)CC1. The van der Waals surface area contributed by atoms with E-state index < -0.39 is 0 Å². The minimum absolute atomic E-state index is 0.0944. The summed E-state index contributed by atoms with van der Waals surface area (Å²) in [7, 11) is 0. The molecule has 1 aliphatic heterocycles. The fraction of sp³-hybridized carbons (Fsp3) is 0.625. The number of nitrogens with zero attached hydrogens (tertiary/aromatic N) is 4. The van der Waals surface area contributed by atoms with Crippen LogP contribution in [-0.2, 0) is 4.79 Å². The first kappa shape index (κ1) is 23.4. The van der Waals surface area contributed by atoms with E-state index in [-0.39, 0.29) is 5.91 Å². The number of halogens is 1. The van der Waals surface area contributed by atoms with Crippen molar-refractivity contribution in [2.75, 3.05) is 37.6 Å². The number of amides is 1. The van der Waals surface area contributed by atoms with Crippen molar-refractivity contribution in [2.45, 2.75) is 57.4 Å². The molecular formula is C24H32ClN5O. The standard InChI is InChI=1S/C24H32ClN5O/c25-22-9-6-20(18-27)17-23(22)30-15-13-29(14-16-30)12-10-19-4-7-21(8-5-19)28-24(31)3-1-2-11-26/h6,9,17,19,21H,1-5,7-8,10,12-16H2,(H,28,31). The second kappa shape index (κ2) is 11.9. The fourth-order valence-corrected chi connectivity index (χ4v) is 4.86. The molecule has 0 bridgehead atoms. The molecule has 1 heterocycles. The number of nitriles is 2. The van der Waals surface area contributed by atoms with Gasteiger partial charge in [0.15, 0.2) is 0 Å². The summed E-state index contributed by atoms with van der Waals surface area (Å²) in [5, 5.41) is 21.6. The van der Waals surface area contributed by atoms with Crippen LogP contribution in [0.5, 0.6) is 0 Å². The molecule has 2 fully saturated rings. The zero-order valence-electron chi connectivity index (χ0n) is 18.2. The van der Waals surface area contributed by atoms with Crippen molar-refractivity contribution in [3.8, 4) is 12.1 Å². The van der Waals surface area contributed by atoms with Crippen LogP contribution in [0, 0.1) is 28.6 Å². The molecule has 1 amide bonds. The summed E-state index contributed by atoms with van der Waals surface area (Å²) in [5.41, 5.74) is 1.61. The van der Waals surface area contributed by atoms with Gasteiger partial charge in [-0.1, -0.05) is 11.6 Å². The minimum atomic E-state index is 0.0944. The summed E-state index contributed by atoms with van der Waals surface area (Å²) in [5.74, 6) is 0.837. The van der Waals surface area contributed by atoms with E-state index in [4.69, 9.17) is 22.1 Å². The van der Waals surface area contributed by atoms with Crippen LogP contribution in [0.1, 0.15) is 56.9 Å². The molecule has 1 aromatic carbocycles. The van der Waals surface area contributed by atoms with Crippen LogP contribution in [0.15, 0.2) is 18.2 Å². The van der Waals surface area contributed by atoms with Crippen molar-refractivity contribution in [1.29, 1.82) is 10.5 Å².